The monoisotopic (exact) mass is 239 g/mol. The van der Waals surface area contributed by atoms with Crippen molar-refractivity contribution < 1.29 is 0 Å². The van der Waals surface area contributed by atoms with Gasteiger partial charge in [0.25, 0.3) is 0 Å². The molecule has 1 aliphatic rings. The Balaban J connectivity index is 1.99. The molecule has 0 N–H and O–H groups in total. The summed E-state index contributed by atoms with van der Waals surface area (Å²) in [5, 5.41) is 9.94. The molecule has 0 aliphatic carbocycles. The van der Waals surface area contributed by atoms with Crippen LogP contribution in [0.15, 0.2) is 24.5 Å². The summed E-state index contributed by atoms with van der Waals surface area (Å²) in [5.41, 5.74) is 4.26. The molecule has 0 fully saturated rings. The van der Waals surface area contributed by atoms with E-state index in [0.717, 1.165) is 35.4 Å². The quantitative estimate of drug-likeness (QED) is 0.651. The van der Waals surface area contributed by atoms with Gasteiger partial charge in [-0.25, -0.2) is 9.67 Å². The van der Waals surface area contributed by atoms with Crippen molar-refractivity contribution in [1.82, 2.24) is 24.5 Å². The zero-order chi connectivity index (χ0) is 12.1. The summed E-state index contributed by atoms with van der Waals surface area (Å²) < 4.78 is 3.98. The first-order chi connectivity index (χ1) is 8.83. The molecular formula is C13H13N5. The second-order valence-corrected chi connectivity index (χ2v) is 4.73. The van der Waals surface area contributed by atoms with Crippen molar-refractivity contribution in [2.75, 3.05) is 0 Å². The Morgan fingerprint density at radius 3 is 3.06 bits per heavy atom. The van der Waals surface area contributed by atoms with Crippen LogP contribution < -0.4 is 0 Å². The summed E-state index contributed by atoms with van der Waals surface area (Å²) in [7, 11) is 0. The highest BCUT2D eigenvalue weighted by Crippen LogP contribution is 2.24. The van der Waals surface area contributed by atoms with Gasteiger partial charge in [-0.05, 0) is 31.9 Å². The first kappa shape index (κ1) is 9.82. The van der Waals surface area contributed by atoms with Gasteiger partial charge in [0.05, 0.1) is 18.1 Å². The molecule has 3 aromatic rings. The smallest absolute Gasteiger partial charge is 0.163 e. The zero-order valence-corrected chi connectivity index (χ0v) is 10.2. The number of hydrogen-bond donors (Lipinski definition) is 0. The Morgan fingerprint density at radius 1 is 1.17 bits per heavy atom. The van der Waals surface area contributed by atoms with Crippen LogP contribution in [0.1, 0.15) is 17.8 Å². The Labute approximate surface area is 104 Å². The van der Waals surface area contributed by atoms with Crippen LogP contribution in [0.5, 0.6) is 0 Å². The fourth-order valence-electron chi connectivity index (χ4n) is 2.60. The fraction of sp³-hybridized carbons (Fsp3) is 0.308. The summed E-state index contributed by atoms with van der Waals surface area (Å²) in [6.07, 6.45) is 6.00. The minimum absolute atomic E-state index is 0.915. The topological polar surface area (TPSA) is 48.5 Å². The van der Waals surface area contributed by atoms with E-state index < -0.39 is 0 Å². The Kier molecular flexibility index (Phi) is 1.86. The minimum Gasteiger partial charge on any atom is -0.267 e. The molecule has 0 spiro atoms. The Hall–Kier alpha value is -2.17. The molecule has 0 radical (unpaired) electrons. The van der Waals surface area contributed by atoms with Crippen LogP contribution in [0.2, 0.25) is 0 Å². The van der Waals surface area contributed by atoms with Crippen molar-refractivity contribution in [3.63, 3.8) is 0 Å². The largest absolute Gasteiger partial charge is 0.267 e. The van der Waals surface area contributed by atoms with Gasteiger partial charge in [0.1, 0.15) is 5.69 Å². The van der Waals surface area contributed by atoms with Gasteiger partial charge in [-0.15, -0.1) is 0 Å². The summed E-state index contributed by atoms with van der Waals surface area (Å²) in [6.45, 7) is 3.01. The summed E-state index contributed by atoms with van der Waals surface area (Å²) in [6, 6.07) is 4.07. The molecular weight excluding hydrogens is 226 g/mol. The highest BCUT2D eigenvalue weighted by Gasteiger charge is 2.19. The minimum atomic E-state index is 0.915. The van der Waals surface area contributed by atoms with Gasteiger partial charge in [0, 0.05) is 17.6 Å². The third-order valence-electron chi connectivity index (χ3n) is 3.50. The van der Waals surface area contributed by atoms with E-state index in [1.165, 1.54) is 12.1 Å². The van der Waals surface area contributed by atoms with Crippen molar-refractivity contribution in [1.29, 1.82) is 0 Å². The lowest BCUT2D eigenvalue weighted by Crippen LogP contribution is -2.01. The summed E-state index contributed by atoms with van der Waals surface area (Å²) in [5.74, 6) is 0. The van der Waals surface area contributed by atoms with E-state index in [-0.39, 0.29) is 0 Å². The van der Waals surface area contributed by atoms with Crippen molar-refractivity contribution in [3.8, 4) is 5.69 Å². The lowest BCUT2D eigenvalue weighted by molar-refractivity contribution is 0.656. The van der Waals surface area contributed by atoms with Crippen LogP contribution in [0, 0.1) is 6.92 Å². The van der Waals surface area contributed by atoms with E-state index in [1.54, 1.807) is 0 Å². The molecule has 0 amide bonds. The molecule has 0 aromatic carbocycles. The molecule has 5 heteroatoms. The normalized spacial score (nSPS) is 14.3. The fourth-order valence-corrected chi connectivity index (χ4v) is 2.60. The lowest BCUT2D eigenvalue weighted by Gasteiger charge is -2.02. The highest BCUT2D eigenvalue weighted by molar-refractivity contribution is 5.76. The third kappa shape index (κ3) is 1.24. The SMILES string of the molecule is Cc1ccc2cnn(-c3cnn4c3CCC4)c2n1. The average molecular weight is 239 g/mol. The van der Waals surface area contributed by atoms with Crippen molar-refractivity contribution in [2.24, 2.45) is 0 Å². The van der Waals surface area contributed by atoms with Crippen LogP contribution >= 0.6 is 0 Å². The van der Waals surface area contributed by atoms with E-state index in [1.807, 2.05) is 30.1 Å². The molecule has 0 bridgehead atoms. The standard InChI is InChI=1S/C13H13N5/c1-9-4-5-10-7-15-18(13(10)16-9)12-8-14-17-6-2-3-11(12)17/h4-5,7-8H,2-3,6H2,1H3. The molecule has 3 aromatic heterocycles. The molecule has 5 nitrogen and oxygen atoms in total. The van der Waals surface area contributed by atoms with E-state index in [2.05, 4.69) is 25.9 Å². The number of rotatable bonds is 1. The van der Waals surface area contributed by atoms with Gasteiger partial charge in [0.2, 0.25) is 0 Å². The molecule has 4 heterocycles. The van der Waals surface area contributed by atoms with Gasteiger partial charge in [0.15, 0.2) is 5.65 Å². The first-order valence-electron chi connectivity index (χ1n) is 6.19. The van der Waals surface area contributed by atoms with E-state index >= 15 is 0 Å². The number of pyridine rings is 1. The van der Waals surface area contributed by atoms with Crippen molar-refractivity contribution >= 4 is 11.0 Å². The number of fused-ring (bicyclic) bond motifs is 2. The Bertz CT molecular complexity index is 737. The number of aryl methyl sites for hydroxylation is 2. The second-order valence-electron chi connectivity index (χ2n) is 4.73. The van der Waals surface area contributed by atoms with Crippen LogP contribution in [0.3, 0.4) is 0 Å². The van der Waals surface area contributed by atoms with E-state index in [9.17, 15) is 0 Å². The lowest BCUT2D eigenvalue weighted by atomic mass is 10.2. The zero-order valence-electron chi connectivity index (χ0n) is 10.2. The van der Waals surface area contributed by atoms with Crippen molar-refractivity contribution in [3.05, 3.63) is 35.9 Å². The van der Waals surface area contributed by atoms with E-state index in [0.29, 0.717) is 0 Å². The van der Waals surface area contributed by atoms with Gasteiger partial charge < -0.3 is 0 Å². The molecule has 1 aliphatic heterocycles. The maximum Gasteiger partial charge on any atom is 0.163 e. The molecule has 0 unspecified atom stereocenters. The molecule has 0 atom stereocenters. The van der Waals surface area contributed by atoms with Crippen LogP contribution in [0.4, 0.5) is 0 Å². The number of aromatic nitrogens is 5. The third-order valence-corrected chi connectivity index (χ3v) is 3.50. The summed E-state index contributed by atoms with van der Waals surface area (Å²) in [4.78, 5) is 4.58. The predicted octanol–water partition coefficient (Wildman–Crippen LogP) is 1.87. The highest BCUT2D eigenvalue weighted by atomic mass is 15.4. The van der Waals surface area contributed by atoms with Crippen LogP contribution in [-0.4, -0.2) is 24.5 Å². The van der Waals surface area contributed by atoms with Crippen molar-refractivity contribution in [2.45, 2.75) is 26.3 Å². The second kappa shape index (κ2) is 3.41. The van der Waals surface area contributed by atoms with Gasteiger partial charge in [-0.3, -0.25) is 4.68 Å². The van der Waals surface area contributed by atoms with Crippen LogP contribution in [-0.2, 0) is 13.0 Å². The molecule has 0 saturated carbocycles. The van der Waals surface area contributed by atoms with Crippen LogP contribution in [0.25, 0.3) is 16.7 Å². The first-order valence-corrected chi connectivity index (χ1v) is 6.19. The molecule has 0 saturated heterocycles. The number of hydrogen-bond acceptors (Lipinski definition) is 3. The molecule has 18 heavy (non-hydrogen) atoms. The van der Waals surface area contributed by atoms with Gasteiger partial charge in [-0.2, -0.15) is 10.2 Å². The average Bonchev–Trinajstić information content (AvgIpc) is 3.01. The summed E-state index contributed by atoms with van der Waals surface area (Å²) >= 11 is 0. The molecule has 4 rings (SSSR count). The Morgan fingerprint density at radius 2 is 2.11 bits per heavy atom. The maximum atomic E-state index is 4.58. The number of nitrogens with zero attached hydrogens (tertiary/aromatic N) is 5. The van der Waals surface area contributed by atoms with E-state index in [4.69, 9.17) is 0 Å². The predicted molar refractivity (Wildman–Crippen MR) is 67.7 cm³/mol. The van der Waals surface area contributed by atoms with Gasteiger partial charge >= 0.3 is 0 Å². The molecule has 90 valence electrons. The maximum absolute atomic E-state index is 4.58. The van der Waals surface area contributed by atoms with Gasteiger partial charge in [-0.1, -0.05) is 0 Å².